The molecule has 0 unspecified atom stereocenters. The van der Waals surface area contributed by atoms with Gasteiger partial charge in [0.25, 0.3) is 0 Å². The SMILES string of the molecule is CCCNCc1cc(S(=O)(=O)NC2CCCC2)cn1CC. The summed E-state index contributed by atoms with van der Waals surface area (Å²) in [5.41, 5.74) is 1.03. The van der Waals surface area contributed by atoms with Gasteiger partial charge in [0, 0.05) is 31.0 Å². The van der Waals surface area contributed by atoms with Gasteiger partial charge >= 0.3 is 0 Å². The first kappa shape index (κ1) is 16.5. The van der Waals surface area contributed by atoms with Gasteiger partial charge in [0.15, 0.2) is 0 Å². The summed E-state index contributed by atoms with van der Waals surface area (Å²) >= 11 is 0. The number of hydrogen-bond acceptors (Lipinski definition) is 3. The molecule has 0 saturated heterocycles. The fourth-order valence-electron chi connectivity index (χ4n) is 2.84. The minimum Gasteiger partial charge on any atom is -0.349 e. The van der Waals surface area contributed by atoms with Crippen LogP contribution in [0.2, 0.25) is 0 Å². The second kappa shape index (κ2) is 7.42. The van der Waals surface area contributed by atoms with Crippen molar-refractivity contribution in [3.63, 3.8) is 0 Å². The van der Waals surface area contributed by atoms with E-state index in [0.29, 0.717) is 11.4 Å². The van der Waals surface area contributed by atoms with E-state index in [1.54, 1.807) is 12.3 Å². The van der Waals surface area contributed by atoms with E-state index in [4.69, 9.17) is 0 Å². The highest BCUT2D eigenvalue weighted by Crippen LogP contribution is 2.21. The molecule has 0 amide bonds. The van der Waals surface area contributed by atoms with Crippen LogP contribution >= 0.6 is 0 Å². The van der Waals surface area contributed by atoms with Crippen LogP contribution in [0.1, 0.15) is 51.6 Å². The van der Waals surface area contributed by atoms with Gasteiger partial charge in [0.1, 0.15) is 0 Å². The van der Waals surface area contributed by atoms with Crippen LogP contribution in [0.25, 0.3) is 0 Å². The first-order valence-corrected chi connectivity index (χ1v) is 9.47. The van der Waals surface area contributed by atoms with E-state index in [2.05, 4.69) is 17.0 Å². The average Bonchev–Trinajstić information content (AvgIpc) is 3.08. The maximum absolute atomic E-state index is 12.5. The lowest BCUT2D eigenvalue weighted by molar-refractivity contribution is 0.552. The lowest BCUT2D eigenvalue weighted by Crippen LogP contribution is -2.32. The zero-order valence-corrected chi connectivity index (χ0v) is 13.9. The van der Waals surface area contributed by atoms with E-state index in [0.717, 1.165) is 50.9 Å². The highest BCUT2D eigenvalue weighted by molar-refractivity contribution is 7.89. The summed E-state index contributed by atoms with van der Waals surface area (Å²) in [6.07, 6.45) is 6.98. The van der Waals surface area contributed by atoms with Crippen LogP contribution in [-0.4, -0.2) is 25.6 Å². The molecular weight excluding hydrogens is 286 g/mol. The molecule has 1 fully saturated rings. The Labute approximate surface area is 128 Å². The standard InChI is InChI=1S/C15H27N3O2S/c1-3-9-16-11-14-10-15(12-18(14)4-2)21(19,20)17-13-7-5-6-8-13/h10,12-13,16-17H,3-9,11H2,1-2H3. The molecule has 1 aliphatic rings. The van der Waals surface area contributed by atoms with Gasteiger partial charge in [-0.15, -0.1) is 0 Å². The topological polar surface area (TPSA) is 63.1 Å². The zero-order chi connectivity index (χ0) is 15.3. The maximum Gasteiger partial charge on any atom is 0.242 e. The van der Waals surface area contributed by atoms with Crippen molar-refractivity contribution in [2.24, 2.45) is 0 Å². The fraction of sp³-hybridized carbons (Fsp3) is 0.733. The fourth-order valence-corrected chi connectivity index (χ4v) is 4.21. The summed E-state index contributed by atoms with van der Waals surface area (Å²) in [6.45, 7) is 6.58. The molecule has 5 nitrogen and oxygen atoms in total. The molecule has 0 bridgehead atoms. The third-order valence-electron chi connectivity index (χ3n) is 4.02. The minimum absolute atomic E-state index is 0.113. The third-order valence-corrected chi connectivity index (χ3v) is 5.51. The van der Waals surface area contributed by atoms with E-state index in [-0.39, 0.29) is 6.04 Å². The highest BCUT2D eigenvalue weighted by Gasteiger charge is 2.24. The molecule has 0 atom stereocenters. The number of nitrogens with zero attached hydrogens (tertiary/aromatic N) is 1. The molecule has 1 saturated carbocycles. The Morgan fingerprint density at radius 2 is 2.00 bits per heavy atom. The average molecular weight is 313 g/mol. The van der Waals surface area contributed by atoms with Gasteiger partial charge in [-0.3, -0.25) is 0 Å². The number of aryl methyl sites for hydroxylation is 1. The zero-order valence-electron chi connectivity index (χ0n) is 13.1. The number of aromatic nitrogens is 1. The van der Waals surface area contributed by atoms with Crippen LogP contribution in [0.4, 0.5) is 0 Å². The van der Waals surface area contributed by atoms with Crippen molar-refractivity contribution in [3.05, 3.63) is 18.0 Å². The van der Waals surface area contributed by atoms with E-state index in [1.165, 1.54) is 0 Å². The monoisotopic (exact) mass is 313 g/mol. The summed E-state index contributed by atoms with van der Waals surface area (Å²) in [5.74, 6) is 0. The van der Waals surface area contributed by atoms with Crippen molar-refractivity contribution in [3.8, 4) is 0 Å². The predicted octanol–water partition coefficient (Wildman–Crippen LogP) is 2.23. The van der Waals surface area contributed by atoms with Crippen molar-refractivity contribution in [2.45, 2.75) is 70.0 Å². The number of hydrogen-bond donors (Lipinski definition) is 2. The van der Waals surface area contributed by atoms with Crippen molar-refractivity contribution in [2.75, 3.05) is 6.54 Å². The molecule has 2 rings (SSSR count). The summed E-state index contributed by atoms with van der Waals surface area (Å²) in [5, 5.41) is 3.33. The second-order valence-electron chi connectivity index (χ2n) is 5.73. The van der Waals surface area contributed by atoms with Gasteiger partial charge in [0.05, 0.1) is 4.90 Å². The number of sulfonamides is 1. The van der Waals surface area contributed by atoms with E-state index in [1.807, 2.05) is 11.5 Å². The first-order valence-electron chi connectivity index (χ1n) is 7.99. The molecule has 0 aliphatic heterocycles. The summed E-state index contributed by atoms with van der Waals surface area (Å²) in [7, 11) is -3.38. The van der Waals surface area contributed by atoms with Crippen molar-refractivity contribution in [1.82, 2.24) is 14.6 Å². The molecule has 1 aromatic rings. The van der Waals surface area contributed by atoms with E-state index in [9.17, 15) is 8.42 Å². The summed E-state index contributed by atoms with van der Waals surface area (Å²) in [6, 6.07) is 1.91. The molecule has 21 heavy (non-hydrogen) atoms. The Bertz CT molecular complexity index is 545. The second-order valence-corrected chi connectivity index (χ2v) is 7.45. The Morgan fingerprint density at radius 1 is 1.29 bits per heavy atom. The quantitative estimate of drug-likeness (QED) is 0.723. The molecule has 6 heteroatoms. The van der Waals surface area contributed by atoms with Crippen LogP contribution in [0.3, 0.4) is 0 Å². The molecule has 0 spiro atoms. The van der Waals surface area contributed by atoms with Crippen molar-refractivity contribution >= 4 is 10.0 Å². The van der Waals surface area contributed by atoms with E-state index < -0.39 is 10.0 Å². The predicted molar refractivity (Wildman–Crippen MR) is 84.7 cm³/mol. The number of rotatable bonds is 8. The maximum atomic E-state index is 12.5. The Morgan fingerprint density at radius 3 is 2.62 bits per heavy atom. The van der Waals surface area contributed by atoms with Gasteiger partial charge in [-0.05, 0) is 38.8 Å². The van der Waals surface area contributed by atoms with Crippen LogP contribution in [0, 0.1) is 0 Å². The summed E-state index contributed by atoms with van der Waals surface area (Å²) in [4.78, 5) is 0.393. The molecule has 1 aliphatic carbocycles. The lowest BCUT2D eigenvalue weighted by Gasteiger charge is -2.11. The van der Waals surface area contributed by atoms with Gasteiger partial charge in [-0.2, -0.15) is 0 Å². The Kier molecular flexibility index (Phi) is 5.84. The van der Waals surface area contributed by atoms with Crippen molar-refractivity contribution in [1.29, 1.82) is 0 Å². The van der Waals surface area contributed by atoms with Gasteiger partial charge in [-0.25, -0.2) is 13.1 Å². The summed E-state index contributed by atoms with van der Waals surface area (Å²) < 4.78 is 29.8. The normalized spacial score (nSPS) is 16.7. The van der Waals surface area contributed by atoms with Gasteiger partial charge in [0.2, 0.25) is 10.0 Å². The lowest BCUT2D eigenvalue weighted by atomic mass is 10.3. The molecule has 0 radical (unpaired) electrons. The van der Waals surface area contributed by atoms with E-state index >= 15 is 0 Å². The van der Waals surface area contributed by atoms with Crippen LogP contribution in [0.15, 0.2) is 17.2 Å². The Hall–Kier alpha value is -0.850. The highest BCUT2D eigenvalue weighted by atomic mass is 32.2. The third kappa shape index (κ3) is 4.31. The van der Waals surface area contributed by atoms with Crippen LogP contribution in [0.5, 0.6) is 0 Å². The van der Waals surface area contributed by atoms with Crippen LogP contribution in [-0.2, 0) is 23.1 Å². The largest absolute Gasteiger partial charge is 0.349 e. The number of nitrogens with one attached hydrogen (secondary N) is 2. The molecular formula is C15H27N3O2S. The molecule has 1 heterocycles. The van der Waals surface area contributed by atoms with Crippen molar-refractivity contribution < 1.29 is 8.42 Å². The van der Waals surface area contributed by atoms with Gasteiger partial charge < -0.3 is 9.88 Å². The minimum atomic E-state index is -3.38. The van der Waals surface area contributed by atoms with Gasteiger partial charge in [-0.1, -0.05) is 19.8 Å². The van der Waals surface area contributed by atoms with Crippen LogP contribution < -0.4 is 10.0 Å². The first-order chi connectivity index (χ1) is 10.1. The smallest absolute Gasteiger partial charge is 0.242 e. The Balaban J connectivity index is 2.10. The molecule has 1 aromatic heterocycles. The molecule has 120 valence electrons. The molecule has 2 N–H and O–H groups in total. The molecule has 0 aromatic carbocycles.